The van der Waals surface area contributed by atoms with Crippen LogP contribution < -0.4 is 11.3 Å². The van der Waals surface area contributed by atoms with Gasteiger partial charge in [-0.05, 0) is 13.3 Å². The van der Waals surface area contributed by atoms with E-state index in [4.69, 9.17) is 18.0 Å². The Bertz CT molecular complexity index is 687. The summed E-state index contributed by atoms with van der Waals surface area (Å²) in [7, 11) is 0. The molecule has 0 radical (unpaired) electrons. The molecule has 0 aliphatic heterocycles. The number of hydrogen-bond donors (Lipinski definition) is 1. The summed E-state index contributed by atoms with van der Waals surface area (Å²) in [5, 5.41) is 0. The van der Waals surface area contributed by atoms with Crippen LogP contribution in [0.4, 0.5) is 5.95 Å². The summed E-state index contributed by atoms with van der Waals surface area (Å²) >= 11 is 4.98. The lowest BCUT2D eigenvalue weighted by Crippen LogP contribution is -2.31. The quantitative estimate of drug-likeness (QED) is 0.803. The number of aryl methyl sites for hydroxylation is 2. The largest absolute Gasteiger partial charge is 0.368 e. The number of aromatic nitrogens is 4. The fraction of sp³-hybridized carbons (Fsp3) is 0.400. The highest BCUT2D eigenvalue weighted by molar-refractivity contribution is 7.71. The van der Waals surface area contributed by atoms with Gasteiger partial charge in [0.25, 0.3) is 5.56 Å². The van der Waals surface area contributed by atoms with Gasteiger partial charge in [-0.15, -0.1) is 0 Å². The van der Waals surface area contributed by atoms with Crippen molar-refractivity contribution in [2.24, 2.45) is 0 Å². The molecule has 7 heteroatoms. The Morgan fingerprint density at radius 3 is 2.82 bits per heavy atom. The molecule has 0 saturated carbocycles. The second-order valence-electron chi connectivity index (χ2n) is 3.75. The highest BCUT2D eigenvalue weighted by atomic mass is 32.1. The summed E-state index contributed by atoms with van der Waals surface area (Å²) in [6.45, 7) is 4.22. The van der Waals surface area contributed by atoms with Gasteiger partial charge in [-0.3, -0.25) is 4.79 Å². The van der Waals surface area contributed by atoms with Crippen molar-refractivity contribution in [2.75, 3.05) is 5.73 Å². The van der Waals surface area contributed by atoms with E-state index in [1.807, 2.05) is 6.92 Å². The van der Waals surface area contributed by atoms with Crippen LogP contribution in [-0.2, 0) is 6.54 Å². The summed E-state index contributed by atoms with van der Waals surface area (Å²) in [4.78, 5) is 20.1. The van der Waals surface area contributed by atoms with E-state index in [0.717, 1.165) is 6.42 Å². The Morgan fingerprint density at radius 1 is 1.47 bits per heavy atom. The predicted molar refractivity (Wildman–Crippen MR) is 67.5 cm³/mol. The topological polar surface area (TPSA) is 78.2 Å². The standard InChI is InChI=1S/C10H13N5OS/c1-3-4-14-9(16)6(2)12-7-5-8(17)13-10(11)15(7)14/h5H,3-4H2,1-2H3,(H2,11,13,17). The van der Waals surface area contributed by atoms with Gasteiger partial charge in [-0.25, -0.2) is 14.6 Å². The van der Waals surface area contributed by atoms with Gasteiger partial charge in [0, 0.05) is 12.6 Å². The molecule has 90 valence electrons. The molecule has 0 aliphatic carbocycles. The molecule has 2 rings (SSSR count). The first-order valence-electron chi connectivity index (χ1n) is 5.31. The van der Waals surface area contributed by atoms with Gasteiger partial charge in [0.15, 0.2) is 5.65 Å². The molecule has 6 nitrogen and oxygen atoms in total. The zero-order chi connectivity index (χ0) is 12.6. The zero-order valence-electron chi connectivity index (χ0n) is 9.67. The first-order chi connectivity index (χ1) is 8.04. The van der Waals surface area contributed by atoms with Crippen molar-refractivity contribution in [3.8, 4) is 0 Å². The van der Waals surface area contributed by atoms with Gasteiger partial charge in [-0.1, -0.05) is 19.1 Å². The van der Waals surface area contributed by atoms with Crippen LogP contribution in [0.1, 0.15) is 19.0 Å². The molecule has 17 heavy (non-hydrogen) atoms. The molecule has 0 saturated heterocycles. The molecule has 2 heterocycles. The average molecular weight is 251 g/mol. The smallest absolute Gasteiger partial charge is 0.286 e. The van der Waals surface area contributed by atoms with E-state index in [1.165, 1.54) is 9.20 Å². The second-order valence-corrected chi connectivity index (χ2v) is 4.17. The summed E-state index contributed by atoms with van der Waals surface area (Å²) in [6.07, 6.45) is 0.820. The van der Waals surface area contributed by atoms with Crippen LogP contribution in [0.2, 0.25) is 0 Å². The molecule has 2 N–H and O–H groups in total. The van der Waals surface area contributed by atoms with Crippen molar-refractivity contribution in [3.63, 3.8) is 0 Å². The Morgan fingerprint density at radius 2 is 2.18 bits per heavy atom. The Balaban J connectivity index is 2.98. The maximum atomic E-state index is 12.0. The fourth-order valence-corrected chi connectivity index (χ4v) is 1.92. The minimum absolute atomic E-state index is 0.157. The lowest BCUT2D eigenvalue weighted by Gasteiger charge is -2.13. The molecular weight excluding hydrogens is 238 g/mol. The van der Waals surface area contributed by atoms with Gasteiger partial charge < -0.3 is 5.73 Å². The van der Waals surface area contributed by atoms with Crippen molar-refractivity contribution < 1.29 is 0 Å². The molecular formula is C10H13N5OS. The van der Waals surface area contributed by atoms with Crippen LogP contribution in [-0.4, -0.2) is 19.2 Å². The van der Waals surface area contributed by atoms with Crippen molar-refractivity contribution in [3.05, 3.63) is 26.8 Å². The van der Waals surface area contributed by atoms with E-state index in [-0.39, 0.29) is 11.5 Å². The Kier molecular flexibility index (Phi) is 2.93. The molecule has 0 fully saturated rings. The van der Waals surface area contributed by atoms with Crippen molar-refractivity contribution in [2.45, 2.75) is 26.8 Å². The number of fused-ring (bicyclic) bond motifs is 1. The lowest BCUT2D eigenvalue weighted by atomic mass is 10.4. The monoisotopic (exact) mass is 251 g/mol. The molecule has 2 aromatic rings. The number of nitrogens with zero attached hydrogens (tertiary/aromatic N) is 4. The van der Waals surface area contributed by atoms with Crippen molar-refractivity contribution in [1.82, 2.24) is 19.2 Å². The second kappa shape index (κ2) is 4.25. The predicted octanol–water partition coefficient (Wildman–Crippen LogP) is 0.921. The van der Waals surface area contributed by atoms with Crippen LogP contribution in [0.25, 0.3) is 5.65 Å². The minimum Gasteiger partial charge on any atom is -0.368 e. The molecule has 0 aromatic carbocycles. The number of rotatable bonds is 2. The third-order valence-corrected chi connectivity index (χ3v) is 2.62. The number of anilines is 1. The van der Waals surface area contributed by atoms with Gasteiger partial charge in [-0.2, -0.15) is 4.52 Å². The molecule has 0 bridgehead atoms. The minimum atomic E-state index is -0.157. The summed E-state index contributed by atoms with van der Waals surface area (Å²) < 4.78 is 3.42. The zero-order valence-corrected chi connectivity index (χ0v) is 10.5. The van der Waals surface area contributed by atoms with Gasteiger partial charge in [0.2, 0.25) is 5.95 Å². The van der Waals surface area contributed by atoms with Crippen LogP contribution >= 0.6 is 12.2 Å². The van der Waals surface area contributed by atoms with Crippen LogP contribution in [0.5, 0.6) is 0 Å². The summed E-state index contributed by atoms with van der Waals surface area (Å²) in [5.74, 6) is 0.186. The maximum absolute atomic E-state index is 12.0. The summed E-state index contributed by atoms with van der Waals surface area (Å²) in [5.41, 5.74) is 6.61. The molecule has 0 spiro atoms. The SMILES string of the molecule is CCCn1c(=O)c(C)nc2cc(=S)nc(N)n21. The molecule has 0 amide bonds. The normalized spacial score (nSPS) is 10.9. The highest BCUT2D eigenvalue weighted by Gasteiger charge is 2.09. The summed E-state index contributed by atoms with van der Waals surface area (Å²) in [6, 6.07) is 1.63. The van der Waals surface area contributed by atoms with E-state index in [2.05, 4.69) is 9.97 Å². The van der Waals surface area contributed by atoms with Crippen molar-refractivity contribution >= 4 is 23.8 Å². The average Bonchev–Trinajstić information content (AvgIpc) is 2.24. The lowest BCUT2D eigenvalue weighted by molar-refractivity contribution is 0.526. The fourth-order valence-electron chi connectivity index (χ4n) is 1.72. The van der Waals surface area contributed by atoms with E-state index >= 15 is 0 Å². The number of nitrogens with two attached hydrogens (primary N) is 1. The van der Waals surface area contributed by atoms with Gasteiger partial charge in [0.05, 0.1) is 0 Å². The van der Waals surface area contributed by atoms with E-state index in [9.17, 15) is 4.79 Å². The van der Waals surface area contributed by atoms with Gasteiger partial charge >= 0.3 is 0 Å². The van der Waals surface area contributed by atoms with Crippen LogP contribution in [0, 0.1) is 11.6 Å². The van der Waals surface area contributed by atoms with Crippen molar-refractivity contribution in [1.29, 1.82) is 0 Å². The third kappa shape index (κ3) is 1.93. The third-order valence-electron chi connectivity index (χ3n) is 2.41. The van der Waals surface area contributed by atoms with Crippen LogP contribution in [0.3, 0.4) is 0 Å². The Hall–Kier alpha value is -1.76. The number of hydrogen-bond acceptors (Lipinski definition) is 5. The Labute approximate surface area is 103 Å². The number of nitrogen functional groups attached to an aromatic ring is 1. The van der Waals surface area contributed by atoms with Crippen LogP contribution in [0.15, 0.2) is 10.9 Å². The van der Waals surface area contributed by atoms with E-state index in [1.54, 1.807) is 13.0 Å². The molecule has 0 aliphatic rings. The van der Waals surface area contributed by atoms with Gasteiger partial charge in [0.1, 0.15) is 10.3 Å². The maximum Gasteiger partial charge on any atom is 0.286 e. The molecule has 2 aromatic heterocycles. The highest BCUT2D eigenvalue weighted by Crippen LogP contribution is 2.05. The first-order valence-corrected chi connectivity index (χ1v) is 5.72. The van der Waals surface area contributed by atoms with E-state index < -0.39 is 0 Å². The molecule has 0 unspecified atom stereocenters. The first kappa shape index (κ1) is 11.7. The van der Waals surface area contributed by atoms with E-state index in [0.29, 0.717) is 22.5 Å². The molecule has 0 atom stereocenters.